The van der Waals surface area contributed by atoms with E-state index < -0.39 is 0 Å². The molecule has 0 atom stereocenters. The van der Waals surface area contributed by atoms with Gasteiger partial charge in [0.2, 0.25) is 6.41 Å². The number of rotatable bonds is 5. The number of likely N-dealkylation sites (N-methyl/N-ethyl adjacent to an activating group) is 1. The van der Waals surface area contributed by atoms with E-state index in [9.17, 15) is 9.59 Å². The zero-order valence-corrected chi connectivity index (χ0v) is 15.7. The van der Waals surface area contributed by atoms with E-state index >= 15 is 0 Å². The first-order valence-corrected chi connectivity index (χ1v) is 9.26. The van der Waals surface area contributed by atoms with Gasteiger partial charge in [0.1, 0.15) is 5.69 Å². The standard InChI is InChI=1S/C22H23N3O2/c1-15-3-8-18-19-10-12-24(2)22(27)21(19)25(20(18)13-15)17-6-4-16(5-7-17)9-11-23-14-26/h3-8,13-14H,9-12H2,1-2H3,(H,23,26). The number of nitrogens with zero attached hydrogens (tertiary/aromatic N) is 2. The first-order valence-electron chi connectivity index (χ1n) is 9.26. The second kappa shape index (κ2) is 6.91. The van der Waals surface area contributed by atoms with Crippen LogP contribution >= 0.6 is 0 Å². The van der Waals surface area contributed by atoms with Crippen LogP contribution in [0.5, 0.6) is 0 Å². The quantitative estimate of drug-likeness (QED) is 0.561. The van der Waals surface area contributed by atoms with E-state index in [0.29, 0.717) is 6.54 Å². The highest BCUT2D eigenvalue weighted by Gasteiger charge is 2.29. The lowest BCUT2D eigenvalue weighted by atomic mass is 10.0. The highest BCUT2D eigenvalue weighted by Crippen LogP contribution is 2.33. The summed E-state index contributed by atoms with van der Waals surface area (Å²) in [4.78, 5) is 25.2. The molecule has 4 rings (SSSR count). The van der Waals surface area contributed by atoms with E-state index in [-0.39, 0.29) is 5.91 Å². The van der Waals surface area contributed by atoms with Crippen molar-refractivity contribution >= 4 is 23.2 Å². The van der Waals surface area contributed by atoms with E-state index in [4.69, 9.17) is 0 Å². The van der Waals surface area contributed by atoms with Crippen molar-refractivity contribution in [3.05, 3.63) is 64.8 Å². The van der Waals surface area contributed by atoms with Crippen LogP contribution in [0.2, 0.25) is 0 Å². The Labute approximate surface area is 158 Å². The fourth-order valence-corrected chi connectivity index (χ4v) is 3.86. The molecule has 0 bridgehead atoms. The number of hydrogen-bond acceptors (Lipinski definition) is 2. The van der Waals surface area contributed by atoms with Crippen LogP contribution in [0.4, 0.5) is 0 Å². The third kappa shape index (κ3) is 2.99. The Morgan fingerprint density at radius 2 is 1.93 bits per heavy atom. The predicted octanol–water partition coefficient (Wildman–Crippen LogP) is 2.86. The van der Waals surface area contributed by atoms with Gasteiger partial charge in [-0.25, -0.2) is 0 Å². The summed E-state index contributed by atoms with van der Waals surface area (Å²) in [6, 6.07) is 14.6. The molecule has 3 aromatic rings. The lowest BCUT2D eigenvalue weighted by Gasteiger charge is -2.24. The number of fused-ring (bicyclic) bond motifs is 3. The minimum Gasteiger partial charge on any atom is -0.358 e. The van der Waals surface area contributed by atoms with Gasteiger partial charge in [0, 0.05) is 31.2 Å². The van der Waals surface area contributed by atoms with Crippen molar-refractivity contribution in [3.63, 3.8) is 0 Å². The Kier molecular flexibility index (Phi) is 4.44. The maximum Gasteiger partial charge on any atom is 0.270 e. The number of amides is 2. The maximum absolute atomic E-state index is 13.0. The summed E-state index contributed by atoms with van der Waals surface area (Å²) in [7, 11) is 1.86. The first kappa shape index (κ1) is 17.3. The number of aryl methyl sites for hydroxylation is 1. The molecule has 0 saturated heterocycles. The summed E-state index contributed by atoms with van der Waals surface area (Å²) >= 11 is 0. The smallest absolute Gasteiger partial charge is 0.270 e. The second-order valence-corrected chi connectivity index (χ2v) is 7.15. The van der Waals surface area contributed by atoms with Crippen molar-refractivity contribution in [2.45, 2.75) is 19.8 Å². The van der Waals surface area contributed by atoms with Crippen molar-refractivity contribution in [2.24, 2.45) is 0 Å². The Bertz CT molecular complexity index is 1020. The third-order valence-corrected chi connectivity index (χ3v) is 5.31. The average molecular weight is 361 g/mol. The van der Waals surface area contributed by atoms with Gasteiger partial charge in [0.05, 0.1) is 5.52 Å². The molecule has 5 nitrogen and oxygen atoms in total. The van der Waals surface area contributed by atoms with Crippen LogP contribution in [0.25, 0.3) is 16.6 Å². The molecule has 0 aliphatic carbocycles. The Morgan fingerprint density at radius 3 is 2.67 bits per heavy atom. The van der Waals surface area contributed by atoms with Crippen LogP contribution in [-0.4, -0.2) is 41.9 Å². The summed E-state index contributed by atoms with van der Waals surface area (Å²) in [6.07, 6.45) is 2.38. The molecular weight excluding hydrogens is 338 g/mol. The predicted molar refractivity (Wildman–Crippen MR) is 106 cm³/mol. The van der Waals surface area contributed by atoms with Crippen LogP contribution in [0.3, 0.4) is 0 Å². The van der Waals surface area contributed by atoms with Crippen LogP contribution in [0.1, 0.15) is 27.2 Å². The SMILES string of the molecule is Cc1ccc2c3c(n(-c4ccc(CCNC=O)cc4)c2c1)C(=O)N(C)CC3. The third-order valence-electron chi connectivity index (χ3n) is 5.31. The Morgan fingerprint density at radius 1 is 1.15 bits per heavy atom. The van der Waals surface area contributed by atoms with Crippen molar-refractivity contribution in [3.8, 4) is 5.69 Å². The number of carbonyl (C=O) groups is 2. The van der Waals surface area contributed by atoms with Crippen LogP contribution in [0, 0.1) is 6.92 Å². The molecule has 0 fully saturated rings. The van der Waals surface area contributed by atoms with E-state index in [1.54, 1.807) is 4.90 Å². The van der Waals surface area contributed by atoms with E-state index in [0.717, 1.165) is 59.2 Å². The number of hydrogen-bond donors (Lipinski definition) is 1. The fraction of sp³-hybridized carbons (Fsp3) is 0.273. The van der Waals surface area contributed by atoms with Gasteiger partial charge in [0.25, 0.3) is 5.91 Å². The zero-order valence-electron chi connectivity index (χ0n) is 15.7. The molecule has 1 aliphatic rings. The van der Waals surface area contributed by atoms with E-state index in [1.165, 1.54) is 5.56 Å². The van der Waals surface area contributed by atoms with Crippen molar-refractivity contribution < 1.29 is 9.59 Å². The van der Waals surface area contributed by atoms with Crippen LogP contribution < -0.4 is 5.32 Å². The molecule has 2 amide bonds. The monoisotopic (exact) mass is 361 g/mol. The maximum atomic E-state index is 13.0. The van der Waals surface area contributed by atoms with Gasteiger partial charge >= 0.3 is 0 Å². The molecule has 5 heteroatoms. The molecule has 1 aromatic heterocycles. The van der Waals surface area contributed by atoms with Crippen LogP contribution in [0.15, 0.2) is 42.5 Å². The Hall–Kier alpha value is -3.08. The van der Waals surface area contributed by atoms with E-state index in [1.807, 2.05) is 7.05 Å². The average Bonchev–Trinajstić information content (AvgIpc) is 2.99. The summed E-state index contributed by atoms with van der Waals surface area (Å²) < 4.78 is 2.10. The minimum absolute atomic E-state index is 0.0735. The largest absolute Gasteiger partial charge is 0.358 e. The van der Waals surface area contributed by atoms with Gasteiger partial charge in [0.15, 0.2) is 0 Å². The molecule has 0 saturated carbocycles. The van der Waals surface area contributed by atoms with Gasteiger partial charge in [-0.3, -0.25) is 9.59 Å². The lowest BCUT2D eigenvalue weighted by Crippen LogP contribution is -2.35. The second-order valence-electron chi connectivity index (χ2n) is 7.15. The van der Waals surface area contributed by atoms with Crippen molar-refractivity contribution in [1.82, 2.24) is 14.8 Å². The summed E-state index contributed by atoms with van der Waals surface area (Å²) in [5.41, 5.74) is 6.32. The molecule has 1 N–H and O–H groups in total. The van der Waals surface area contributed by atoms with Crippen molar-refractivity contribution in [1.29, 1.82) is 0 Å². The fourth-order valence-electron chi connectivity index (χ4n) is 3.86. The Balaban J connectivity index is 1.84. The van der Waals surface area contributed by atoms with Gasteiger partial charge in [-0.15, -0.1) is 0 Å². The van der Waals surface area contributed by atoms with Gasteiger partial charge in [-0.1, -0.05) is 24.3 Å². The number of aromatic nitrogens is 1. The molecule has 2 heterocycles. The molecule has 138 valence electrons. The molecule has 27 heavy (non-hydrogen) atoms. The summed E-state index contributed by atoms with van der Waals surface area (Å²) in [5, 5.41) is 3.85. The highest BCUT2D eigenvalue weighted by molar-refractivity contribution is 6.04. The normalized spacial score (nSPS) is 13.7. The molecule has 0 spiro atoms. The molecule has 0 unspecified atom stereocenters. The van der Waals surface area contributed by atoms with Gasteiger partial charge in [-0.05, 0) is 54.7 Å². The number of carbonyl (C=O) groups excluding carboxylic acids is 2. The van der Waals surface area contributed by atoms with Gasteiger partial charge in [-0.2, -0.15) is 0 Å². The van der Waals surface area contributed by atoms with Gasteiger partial charge < -0.3 is 14.8 Å². The number of nitrogens with one attached hydrogen (secondary N) is 1. The molecule has 1 aliphatic heterocycles. The lowest BCUT2D eigenvalue weighted by molar-refractivity contribution is -0.109. The summed E-state index contributed by atoms with van der Waals surface area (Å²) in [5.74, 6) is 0.0735. The molecular formula is C22H23N3O2. The molecule has 0 radical (unpaired) electrons. The highest BCUT2D eigenvalue weighted by atomic mass is 16.2. The minimum atomic E-state index is 0.0735. The first-order chi connectivity index (χ1) is 13.1. The van der Waals surface area contributed by atoms with E-state index in [2.05, 4.69) is 59.3 Å². The topological polar surface area (TPSA) is 54.3 Å². The molecule has 2 aromatic carbocycles. The number of benzene rings is 2. The van der Waals surface area contributed by atoms with Crippen LogP contribution in [-0.2, 0) is 17.6 Å². The zero-order chi connectivity index (χ0) is 19.0. The van der Waals surface area contributed by atoms with Crippen molar-refractivity contribution in [2.75, 3.05) is 20.1 Å². The summed E-state index contributed by atoms with van der Waals surface area (Å²) in [6.45, 7) is 3.45.